The van der Waals surface area contributed by atoms with Gasteiger partial charge >= 0.3 is 0 Å². The zero-order valence-electron chi connectivity index (χ0n) is 7.55. The Morgan fingerprint density at radius 2 is 2.25 bits per heavy atom. The molecule has 12 heavy (non-hydrogen) atoms. The fourth-order valence-electron chi connectivity index (χ4n) is 1.78. The molecule has 1 atom stereocenters. The van der Waals surface area contributed by atoms with E-state index in [2.05, 4.69) is 6.92 Å². The maximum atomic E-state index is 11.7. The van der Waals surface area contributed by atoms with E-state index in [0.29, 0.717) is 5.92 Å². The van der Waals surface area contributed by atoms with Gasteiger partial charge in [0, 0.05) is 13.1 Å². The summed E-state index contributed by atoms with van der Waals surface area (Å²) in [5, 5.41) is 0. The largest absolute Gasteiger partial charge is 0.341 e. The van der Waals surface area contributed by atoms with Gasteiger partial charge in [-0.3, -0.25) is 4.79 Å². The van der Waals surface area contributed by atoms with E-state index in [0.717, 1.165) is 32.4 Å². The van der Waals surface area contributed by atoms with E-state index < -0.39 is 5.54 Å². The molecule has 68 valence electrons. The van der Waals surface area contributed by atoms with E-state index in [1.807, 2.05) is 4.90 Å². The lowest BCUT2D eigenvalue weighted by Crippen LogP contribution is -2.44. The highest BCUT2D eigenvalue weighted by Gasteiger charge is 2.48. The minimum atomic E-state index is -0.454. The molecule has 2 aliphatic rings. The van der Waals surface area contributed by atoms with Crippen LogP contribution in [0.15, 0.2) is 0 Å². The first-order valence-electron chi connectivity index (χ1n) is 4.70. The summed E-state index contributed by atoms with van der Waals surface area (Å²) in [7, 11) is 0. The summed E-state index contributed by atoms with van der Waals surface area (Å²) in [6.07, 6.45) is 2.91. The van der Waals surface area contributed by atoms with Crippen molar-refractivity contribution in [3.63, 3.8) is 0 Å². The van der Waals surface area contributed by atoms with Gasteiger partial charge < -0.3 is 10.6 Å². The van der Waals surface area contributed by atoms with E-state index in [9.17, 15) is 4.79 Å². The Hall–Kier alpha value is -0.570. The van der Waals surface area contributed by atoms with Crippen molar-refractivity contribution in [1.29, 1.82) is 0 Å². The Kier molecular flexibility index (Phi) is 1.65. The average Bonchev–Trinajstić information content (AvgIpc) is 2.62. The third kappa shape index (κ3) is 1.22. The van der Waals surface area contributed by atoms with Crippen molar-refractivity contribution >= 4 is 5.91 Å². The normalized spacial score (nSPS) is 32.2. The predicted molar refractivity (Wildman–Crippen MR) is 46.5 cm³/mol. The molecule has 1 saturated carbocycles. The minimum Gasteiger partial charge on any atom is -0.341 e. The smallest absolute Gasteiger partial charge is 0.242 e. The van der Waals surface area contributed by atoms with Crippen LogP contribution in [0.5, 0.6) is 0 Å². The van der Waals surface area contributed by atoms with Crippen LogP contribution in [0.25, 0.3) is 0 Å². The summed E-state index contributed by atoms with van der Waals surface area (Å²) in [5.74, 6) is 0.850. The van der Waals surface area contributed by atoms with Gasteiger partial charge in [-0.2, -0.15) is 0 Å². The number of hydrogen-bond donors (Lipinski definition) is 1. The van der Waals surface area contributed by atoms with Crippen molar-refractivity contribution in [3.05, 3.63) is 0 Å². The number of likely N-dealkylation sites (tertiary alicyclic amines) is 1. The molecule has 0 radical (unpaired) electrons. The van der Waals surface area contributed by atoms with Gasteiger partial charge in [-0.15, -0.1) is 0 Å². The molecule has 1 heterocycles. The van der Waals surface area contributed by atoms with Gasteiger partial charge in [0.25, 0.3) is 0 Å². The Labute approximate surface area is 72.9 Å². The molecular weight excluding hydrogens is 152 g/mol. The van der Waals surface area contributed by atoms with E-state index >= 15 is 0 Å². The van der Waals surface area contributed by atoms with Gasteiger partial charge in [0.2, 0.25) is 5.91 Å². The SMILES string of the molecule is CC1CCN(C(=O)C2(N)CC2)C1. The highest BCUT2D eigenvalue weighted by molar-refractivity contribution is 5.89. The third-order valence-electron chi connectivity index (χ3n) is 2.93. The summed E-state index contributed by atoms with van der Waals surface area (Å²) >= 11 is 0. The van der Waals surface area contributed by atoms with Crippen molar-refractivity contribution < 1.29 is 4.79 Å². The molecule has 1 aliphatic heterocycles. The fourth-order valence-corrected chi connectivity index (χ4v) is 1.78. The van der Waals surface area contributed by atoms with Crippen molar-refractivity contribution in [2.75, 3.05) is 13.1 Å². The number of rotatable bonds is 1. The first kappa shape index (κ1) is 8.05. The van der Waals surface area contributed by atoms with Crippen LogP contribution >= 0.6 is 0 Å². The standard InChI is InChI=1S/C9H16N2O/c1-7-2-5-11(6-7)8(12)9(10)3-4-9/h7H,2-6,10H2,1H3. The summed E-state index contributed by atoms with van der Waals surface area (Å²) in [6.45, 7) is 4.01. The molecule has 3 nitrogen and oxygen atoms in total. The van der Waals surface area contributed by atoms with Crippen LogP contribution in [0.4, 0.5) is 0 Å². The highest BCUT2D eigenvalue weighted by Crippen LogP contribution is 2.35. The molecule has 0 bridgehead atoms. The van der Waals surface area contributed by atoms with Gasteiger partial charge in [-0.1, -0.05) is 6.92 Å². The molecule has 3 heteroatoms. The minimum absolute atomic E-state index is 0.187. The molecule has 1 aliphatic carbocycles. The van der Waals surface area contributed by atoms with Gasteiger partial charge in [0.05, 0.1) is 5.54 Å². The van der Waals surface area contributed by atoms with E-state index in [4.69, 9.17) is 5.73 Å². The molecular formula is C9H16N2O. The Morgan fingerprint density at radius 3 is 2.67 bits per heavy atom. The number of nitrogens with two attached hydrogens (primary N) is 1. The van der Waals surface area contributed by atoms with Crippen LogP contribution in [-0.4, -0.2) is 29.4 Å². The van der Waals surface area contributed by atoms with Crippen molar-refractivity contribution in [2.45, 2.75) is 31.7 Å². The molecule has 2 rings (SSSR count). The summed E-state index contributed by atoms with van der Waals surface area (Å²) in [6, 6.07) is 0. The van der Waals surface area contributed by atoms with Crippen molar-refractivity contribution in [1.82, 2.24) is 4.90 Å². The molecule has 2 fully saturated rings. The fraction of sp³-hybridized carbons (Fsp3) is 0.889. The zero-order valence-corrected chi connectivity index (χ0v) is 7.55. The molecule has 0 aromatic heterocycles. The highest BCUT2D eigenvalue weighted by atomic mass is 16.2. The second-order valence-electron chi connectivity index (χ2n) is 4.30. The lowest BCUT2D eigenvalue weighted by molar-refractivity contribution is -0.132. The van der Waals surface area contributed by atoms with Gasteiger partial charge in [0.1, 0.15) is 0 Å². The van der Waals surface area contributed by atoms with Crippen molar-refractivity contribution in [3.8, 4) is 0 Å². The summed E-state index contributed by atoms with van der Waals surface area (Å²) < 4.78 is 0. The van der Waals surface area contributed by atoms with Crippen LogP contribution in [0, 0.1) is 5.92 Å². The van der Waals surface area contributed by atoms with E-state index in [1.165, 1.54) is 0 Å². The molecule has 1 amide bonds. The molecule has 0 aromatic carbocycles. The van der Waals surface area contributed by atoms with Gasteiger partial charge in [-0.25, -0.2) is 0 Å². The van der Waals surface area contributed by atoms with Crippen LogP contribution in [0.2, 0.25) is 0 Å². The molecule has 0 spiro atoms. The van der Waals surface area contributed by atoms with Crippen LogP contribution in [0.3, 0.4) is 0 Å². The molecule has 1 unspecified atom stereocenters. The first-order valence-corrected chi connectivity index (χ1v) is 4.70. The summed E-state index contributed by atoms with van der Waals surface area (Å²) in [5.41, 5.74) is 5.37. The lowest BCUT2D eigenvalue weighted by Gasteiger charge is -2.19. The van der Waals surface area contributed by atoms with Crippen molar-refractivity contribution in [2.24, 2.45) is 11.7 Å². The number of nitrogens with zero attached hydrogens (tertiary/aromatic N) is 1. The zero-order chi connectivity index (χ0) is 8.77. The number of hydrogen-bond acceptors (Lipinski definition) is 2. The van der Waals surface area contributed by atoms with Crippen LogP contribution in [-0.2, 0) is 4.79 Å². The molecule has 0 aromatic rings. The van der Waals surface area contributed by atoms with E-state index in [-0.39, 0.29) is 5.91 Å². The Balaban J connectivity index is 1.97. The van der Waals surface area contributed by atoms with Crippen LogP contribution in [0.1, 0.15) is 26.2 Å². The number of carbonyl (C=O) groups is 1. The molecule has 2 N–H and O–H groups in total. The van der Waals surface area contributed by atoms with E-state index in [1.54, 1.807) is 0 Å². The van der Waals surface area contributed by atoms with Gasteiger partial charge in [-0.05, 0) is 25.2 Å². The predicted octanol–water partition coefficient (Wildman–Crippen LogP) is 0.346. The number of amides is 1. The second-order valence-corrected chi connectivity index (χ2v) is 4.30. The number of carbonyl (C=O) groups excluding carboxylic acids is 1. The second kappa shape index (κ2) is 2.46. The molecule has 1 saturated heterocycles. The maximum Gasteiger partial charge on any atom is 0.242 e. The van der Waals surface area contributed by atoms with Crippen LogP contribution < -0.4 is 5.73 Å². The first-order chi connectivity index (χ1) is 5.62. The summed E-state index contributed by atoms with van der Waals surface area (Å²) in [4.78, 5) is 13.6. The van der Waals surface area contributed by atoms with Gasteiger partial charge in [0.15, 0.2) is 0 Å². The quantitative estimate of drug-likeness (QED) is 0.614. The monoisotopic (exact) mass is 168 g/mol. The average molecular weight is 168 g/mol. The Morgan fingerprint density at radius 1 is 1.58 bits per heavy atom. The lowest BCUT2D eigenvalue weighted by atomic mass is 10.2. The topological polar surface area (TPSA) is 46.3 Å². The Bertz CT molecular complexity index is 211. The third-order valence-corrected chi connectivity index (χ3v) is 2.93. The maximum absolute atomic E-state index is 11.7.